The molecule has 0 saturated carbocycles. The summed E-state index contributed by atoms with van der Waals surface area (Å²) in [5.41, 5.74) is 5.61. The van der Waals surface area contributed by atoms with Crippen molar-refractivity contribution in [3.05, 3.63) is 0 Å². The van der Waals surface area contributed by atoms with Gasteiger partial charge in [0.25, 0.3) is 0 Å². The van der Waals surface area contributed by atoms with Crippen LogP contribution in [0.1, 0.15) is 13.8 Å². The van der Waals surface area contributed by atoms with E-state index in [1.54, 1.807) is 0 Å². The lowest BCUT2D eigenvalue weighted by molar-refractivity contribution is -0.0516. The molecule has 0 amide bonds. The Morgan fingerprint density at radius 1 is 1.60 bits per heavy atom. The van der Waals surface area contributed by atoms with Crippen molar-refractivity contribution in [2.45, 2.75) is 25.5 Å². The molecule has 0 spiro atoms. The first kappa shape index (κ1) is 7.98. The first-order chi connectivity index (χ1) is 4.56. The van der Waals surface area contributed by atoms with Crippen molar-refractivity contribution >= 4 is 0 Å². The normalized spacial score (nSPS) is 22.8. The molecule has 0 aromatic rings. The Morgan fingerprint density at radius 2 is 2.10 bits per heavy atom. The number of nitrogens with two attached hydrogens (primary N) is 1. The van der Waals surface area contributed by atoms with Gasteiger partial charge in [0, 0.05) is 25.2 Å². The molecule has 0 atom stereocenters. The molecule has 1 aliphatic heterocycles. The predicted octanol–water partition coefficient (Wildman–Crippen LogP) is -0.600. The second-order valence-electron chi connectivity index (χ2n) is 3.58. The first-order valence-corrected chi connectivity index (χ1v) is 3.69. The summed E-state index contributed by atoms with van der Waals surface area (Å²) in [5.74, 6) is 0. The predicted molar refractivity (Wildman–Crippen MR) is 40.7 cm³/mol. The molecule has 1 saturated heterocycles. The van der Waals surface area contributed by atoms with Gasteiger partial charge in [-0.2, -0.15) is 0 Å². The molecule has 10 heavy (non-hydrogen) atoms. The Hall–Kier alpha value is -0.120. The van der Waals surface area contributed by atoms with Gasteiger partial charge in [0.1, 0.15) is 0 Å². The topological polar surface area (TPSA) is 49.5 Å². The van der Waals surface area contributed by atoms with Crippen LogP contribution in [0.3, 0.4) is 0 Å². The summed E-state index contributed by atoms with van der Waals surface area (Å²) in [5, 5.41) is 8.99. The SMILES string of the molecule is CC(C)(CN)N1CC(O)C1. The monoisotopic (exact) mass is 144 g/mol. The van der Waals surface area contributed by atoms with Crippen LogP contribution >= 0.6 is 0 Å². The van der Waals surface area contributed by atoms with E-state index in [4.69, 9.17) is 10.8 Å². The van der Waals surface area contributed by atoms with Crippen LogP contribution in [0.4, 0.5) is 0 Å². The van der Waals surface area contributed by atoms with Gasteiger partial charge in [0.05, 0.1) is 6.10 Å². The number of nitrogens with zero attached hydrogens (tertiary/aromatic N) is 1. The fraction of sp³-hybridized carbons (Fsp3) is 1.00. The molecule has 0 aromatic carbocycles. The number of likely N-dealkylation sites (tertiary alicyclic amines) is 1. The third-order valence-electron chi connectivity index (χ3n) is 2.22. The maximum atomic E-state index is 8.99. The molecule has 1 aliphatic rings. The summed E-state index contributed by atoms with van der Waals surface area (Å²) >= 11 is 0. The van der Waals surface area contributed by atoms with Crippen LogP contribution in [-0.4, -0.2) is 41.3 Å². The summed E-state index contributed by atoms with van der Waals surface area (Å²) < 4.78 is 0. The Kier molecular flexibility index (Phi) is 1.99. The zero-order valence-corrected chi connectivity index (χ0v) is 6.67. The maximum absolute atomic E-state index is 8.99. The second-order valence-corrected chi connectivity index (χ2v) is 3.58. The molecule has 60 valence electrons. The lowest BCUT2D eigenvalue weighted by atomic mass is 9.97. The van der Waals surface area contributed by atoms with E-state index < -0.39 is 0 Å². The summed E-state index contributed by atoms with van der Waals surface area (Å²) in [6, 6.07) is 0. The fourth-order valence-corrected chi connectivity index (χ4v) is 1.08. The summed E-state index contributed by atoms with van der Waals surface area (Å²) in [6.07, 6.45) is -0.120. The van der Waals surface area contributed by atoms with Gasteiger partial charge >= 0.3 is 0 Å². The number of β-amino-alcohol motifs (C(OH)–C–C–N with tert-alkyl or cyclic N) is 1. The summed E-state index contributed by atoms with van der Waals surface area (Å²) in [7, 11) is 0. The van der Waals surface area contributed by atoms with Crippen LogP contribution < -0.4 is 5.73 Å². The molecule has 1 fully saturated rings. The molecule has 1 heterocycles. The van der Waals surface area contributed by atoms with Gasteiger partial charge in [-0.05, 0) is 13.8 Å². The Morgan fingerprint density at radius 3 is 2.40 bits per heavy atom. The second kappa shape index (κ2) is 2.49. The maximum Gasteiger partial charge on any atom is 0.0794 e. The molecule has 3 heteroatoms. The Labute approximate surface area is 61.8 Å². The Balaban J connectivity index is 2.36. The van der Waals surface area contributed by atoms with Gasteiger partial charge in [-0.25, -0.2) is 0 Å². The van der Waals surface area contributed by atoms with Crippen LogP contribution in [0.5, 0.6) is 0 Å². The van der Waals surface area contributed by atoms with E-state index in [1.807, 2.05) is 0 Å². The Bertz CT molecular complexity index is 119. The van der Waals surface area contributed by atoms with Crippen molar-refractivity contribution in [3.8, 4) is 0 Å². The van der Waals surface area contributed by atoms with E-state index in [0.29, 0.717) is 6.54 Å². The number of aliphatic hydroxyl groups is 1. The molecule has 0 radical (unpaired) electrons. The van der Waals surface area contributed by atoms with Crippen molar-refractivity contribution in [2.75, 3.05) is 19.6 Å². The van der Waals surface area contributed by atoms with Gasteiger partial charge in [-0.3, -0.25) is 4.90 Å². The highest BCUT2D eigenvalue weighted by molar-refractivity contribution is 4.91. The van der Waals surface area contributed by atoms with E-state index in [1.165, 1.54) is 0 Å². The minimum Gasteiger partial charge on any atom is -0.390 e. The van der Waals surface area contributed by atoms with Crippen molar-refractivity contribution in [1.29, 1.82) is 0 Å². The molecule has 1 rings (SSSR count). The van der Waals surface area contributed by atoms with Gasteiger partial charge in [-0.15, -0.1) is 0 Å². The minimum atomic E-state index is -0.120. The van der Waals surface area contributed by atoms with Gasteiger partial charge in [-0.1, -0.05) is 0 Å². The molecule has 0 aromatic heterocycles. The van der Waals surface area contributed by atoms with Crippen LogP contribution in [0, 0.1) is 0 Å². The third-order valence-corrected chi connectivity index (χ3v) is 2.22. The van der Waals surface area contributed by atoms with E-state index >= 15 is 0 Å². The first-order valence-electron chi connectivity index (χ1n) is 3.69. The number of hydrogen-bond donors (Lipinski definition) is 2. The van der Waals surface area contributed by atoms with Crippen molar-refractivity contribution < 1.29 is 5.11 Å². The minimum absolute atomic E-state index is 0.0687. The van der Waals surface area contributed by atoms with E-state index in [2.05, 4.69) is 18.7 Å². The van der Waals surface area contributed by atoms with Crippen molar-refractivity contribution in [2.24, 2.45) is 5.73 Å². The molecule has 0 unspecified atom stereocenters. The highest BCUT2D eigenvalue weighted by Crippen LogP contribution is 2.19. The average molecular weight is 144 g/mol. The van der Waals surface area contributed by atoms with E-state index in [0.717, 1.165) is 13.1 Å². The lowest BCUT2D eigenvalue weighted by Gasteiger charge is -2.46. The van der Waals surface area contributed by atoms with Crippen LogP contribution in [0.2, 0.25) is 0 Å². The fourth-order valence-electron chi connectivity index (χ4n) is 1.08. The molecular formula is C7H16N2O. The van der Waals surface area contributed by atoms with Crippen molar-refractivity contribution in [1.82, 2.24) is 4.90 Å². The lowest BCUT2D eigenvalue weighted by Crippen LogP contribution is -2.62. The number of hydrogen-bond acceptors (Lipinski definition) is 3. The molecule has 3 N–H and O–H groups in total. The average Bonchev–Trinajstić information content (AvgIpc) is 1.81. The van der Waals surface area contributed by atoms with E-state index in [9.17, 15) is 0 Å². The zero-order valence-electron chi connectivity index (χ0n) is 6.67. The number of aliphatic hydroxyl groups excluding tert-OH is 1. The third kappa shape index (κ3) is 1.31. The van der Waals surface area contributed by atoms with Crippen LogP contribution in [-0.2, 0) is 0 Å². The van der Waals surface area contributed by atoms with Crippen molar-refractivity contribution in [3.63, 3.8) is 0 Å². The van der Waals surface area contributed by atoms with Gasteiger partial charge in [0.2, 0.25) is 0 Å². The summed E-state index contributed by atoms with van der Waals surface area (Å²) in [4.78, 5) is 2.19. The zero-order chi connectivity index (χ0) is 7.78. The largest absolute Gasteiger partial charge is 0.390 e. The molecule has 0 aliphatic carbocycles. The van der Waals surface area contributed by atoms with Gasteiger partial charge in [0.15, 0.2) is 0 Å². The number of rotatable bonds is 2. The van der Waals surface area contributed by atoms with Gasteiger partial charge < -0.3 is 10.8 Å². The van der Waals surface area contributed by atoms with Crippen LogP contribution in [0.15, 0.2) is 0 Å². The molecular weight excluding hydrogens is 128 g/mol. The molecule has 3 nitrogen and oxygen atoms in total. The van der Waals surface area contributed by atoms with E-state index in [-0.39, 0.29) is 11.6 Å². The highest BCUT2D eigenvalue weighted by Gasteiger charge is 2.34. The molecule has 0 bridgehead atoms. The highest BCUT2D eigenvalue weighted by atomic mass is 16.3. The smallest absolute Gasteiger partial charge is 0.0794 e. The summed E-state index contributed by atoms with van der Waals surface area (Å²) in [6.45, 7) is 6.41. The van der Waals surface area contributed by atoms with Crippen LogP contribution in [0.25, 0.3) is 0 Å². The standard InChI is InChI=1S/C7H16N2O/c1-7(2,5-8)9-3-6(10)4-9/h6,10H,3-5,8H2,1-2H3. The quantitative estimate of drug-likeness (QED) is 0.544.